The van der Waals surface area contributed by atoms with Crippen molar-refractivity contribution in [2.75, 3.05) is 7.11 Å². The smallest absolute Gasteiger partial charge is 0.227 e. The van der Waals surface area contributed by atoms with E-state index in [0.717, 1.165) is 31.4 Å². The van der Waals surface area contributed by atoms with Crippen molar-refractivity contribution in [1.82, 2.24) is 15.5 Å². The van der Waals surface area contributed by atoms with Crippen LogP contribution in [-0.2, 0) is 24.1 Å². The molecule has 0 saturated heterocycles. The second-order valence-corrected chi connectivity index (χ2v) is 6.21. The maximum Gasteiger partial charge on any atom is 0.227 e. The first-order valence-electron chi connectivity index (χ1n) is 8.84. The second kappa shape index (κ2) is 9.81. The Morgan fingerprint density at radius 1 is 1.24 bits per heavy atom. The first-order chi connectivity index (χ1) is 12.1. The number of hydrogen-bond acceptors (Lipinski definition) is 5. The monoisotopic (exact) mass is 345 g/mol. The summed E-state index contributed by atoms with van der Waals surface area (Å²) in [6.45, 7) is 4.09. The minimum absolute atomic E-state index is 0.0115. The van der Waals surface area contributed by atoms with Crippen LogP contribution in [0.15, 0.2) is 28.8 Å². The first kappa shape index (κ1) is 19.0. The summed E-state index contributed by atoms with van der Waals surface area (Å²) in [5.41, 5.74) is 1.23. The van der Waals surface area contributed by atoms with E-state index in [-0.39, 0.29) is 11.9 Å². The van der Waals surface area contributed by atoms with Gasteiger partial charge in [-0.05, 0) is 43.9 Å². The molecule has 1 unspecified atom stereocenters. The van der Waals surface area contributed by atoms with Gasteiger partial charge in [0.1, 0.15) is 5.75 Å². The van der Waals surface area contributed by atoms with Crippen LogP contribution in [0.1, 0.15) is 50.4 Å². The molecule has 0 saturated carbocycles. The number of nitrogens with one attached hydrogen (secondary N) is 1. The Morgan fingerprint density at radius 2 is 2.00 bits per heavy atom. The number of carbonyl (C=O) groups is 1. The quantitative estimate of drug-likeness (QED) is 0.716. The normalized spacial score (nSPS) is 12.0. The molecule has 1 N–H and O–H groups in total. The van der Waals surface area contributed by atoms with Crippen molar-refractivity contribution in [1.29, 1.82) is 0 Å². The summed E-state index contributed by atoms with van der Waals surface area (Å²) < 4.78 is 10.3. The largest absolute Gasteiger partial charge is 0.497 e. The fourth-order valence-electron chi connectivity index (χ4n) is 2.53. The maximum absolute atomic E-state index is 12.0. The molecule has 0 radical (unpaired) electrons. The predicted molar refractivity (Wildman–Crippen MR) is 95.5 cm³/mol. The first-order valence-corrected chi connectivity index (χ1v) is 8.84. The number of rotatable bonds is 10. The second-order valence-electron chi connectivity index (χ2n) is 6.21. The Morgan fingerprint density at radius 3 is 2.68 bits per heavy atom. The highest BCUT2D eigenvalue weighted by atomic mass is 16.5. The summed E-state index contributed by atoms with van der Waals surface area (Å²) in [6, 6.07) is 8.13. The molecule has 6 nitrogen and oxygen atoms in total. The lowest BCUT2D eigenvalue weighted by atomic mass is 10.1. The third-order valence-electron chi connectivity index (χ3n) is 3.98. The van der Waals surface area contributed by atoms with Gasteiger partial charge in [-0.15, -0.1) is 0 Å². The molecular formula is C19H27N3O3. The van der Waals surface area contributed by atoms with E-state index in [1.165, 1.54) is 5.56 Å². The summed E-state index contributed by atoms with van der Waals surface area (Å²) in [7, 11) is 1.66. The molecule has 0 spiro atoms. The minimum atomic E-state index is 0.0115. The van der Waals surface area contributed by atoms with Crippen LogP contribution in [0.2, 0.25) is 0 Å². The summed E-state index contributed by atoms with van der Waals surface area (Å²) in [6.07, 6.45) is 4.42. The van der Waals surface area contributed by atoms with Crippen LogP contribution in [0.25, 0.3) is 0 Å². The number of ether oxygens (including phenoxy) is 1. The number of hydrogen-bond donors (Lipinski definition) is 1. The number of aryl methyl sites for hydroxylation is 3. The fraction of sp³-hybridized carbons (Fsp3) is 0.526. The molecule has 25 heavy (non-hydrogen) atoms. The van der Waals surface area contributed by atoms with E-state index in [2.05, 4.69) is 34.5 Å². The van der Waals surface area contributed by atoms with Gasteiger partial charge in [0, 0.05) is 25.3 Å². The van der Waals surface area contributed by atoms with Crippen molar-refractivity contribution >= 4 is 5.91 Å². The molecule has 0 bridgehead atoms. The average Bonchev–Trinajstić information content (AvgIpc) is 3.06. The van der Waals surface area contributed by atoms with Crippen LogP contribution in [-0.4, -0.2) is 29.2 Å². The van der Waals surface area contributed by atoms with E-state index >= 15 is 0 Å². The summed E-state index contributed by atoms with van der Waals surface area (Å²) in [4.78, 5) is 16.3. The summed E-state index contributed by atoms with van der Waals surface area (Å²) in [5, 5.41) is 6.91. The number of carbonyl (C=O) groups excluding carboxylic acids is 1. The Kier molecular flexibility index (Phi) is 7.44. The fourth-order valence-corrected chi connectivity index (χ4v) is 2.53. The molecule has 1 amide bonds. The topological polar surface area (TPSA) is 77.2 Å². The third kappa shape index (κ3) is 6.57. The molecule has 2 rings (SSSR count). The van der Waals surface area contributed by atoms with E-state index in [1.807, 2.05) is 19.1 Å². The molecule has 0 aliphatic heterocycles. The van der Waals surface area contributed by atoms with Gasteiger partial charge < -0.3 is 14.6 Å². The van der Waals surface area contributed by atoms with Crippen molar-refractivity contribution in [3.63, 3.8) is 0 Å². The van der Waals surface area contributed by atoms with E-state index in [4.69, 9.17) is 9.26 Å². The SMILES string of the molecule is CCCc1noc(CCC(=O)NC(C)CCc2ccc(OC)cc2)n1. The van der Waals surface area contributed by atoms with E-state index in [9.17, 15) is 4.79 Å². The molecule has 136 valence electrons. The van der Waals surface area contributed by atoms with Gasteiger partial charge in [-0.1, -0.05) is 24.2 Å². The molecule has 1 heterocycles. The summed E-state index contributed by atoms with van der Waals surface area (Å²) >= 11 is 0. The van der Waals surface area contributed by atoms with Gasteiger partial charge in [0.2, 0.25) is 11.8 Å². The van der Waals surface area contributed by atoms with Gasteiger partial charge >= 0.3 is 0 Å². The minimum Gasteiger partial charge on any atom is -0.497 e. The highest BCUT2D eigenvalue weighted by Crippen LogP contribution is 2.13. The summed E-state index contributed by atoms with van der Waals surface area (Å²) in [5.74, 6) is 2.11. The molecule has 1 atom stereocenters. The van der Waals surface area contributed by atoms with E-state index in [1.54, 1.807) is 7.11 Å². The van der Waals surface area contributed by atoms with Crippen molar-refractivity contribution in [3.8, 4) is 5.75 Å². The molecule has 1 aromatic heterocycles. The lowest BCUT2D eigenvalue weighted by Gasteiger charge is -2.13. The lowest BCUT2D eigenvalue weighted by molar-refractivity contribution is -0.121. The Bertz CT molecular complexity index is 652. The van der Waals surface area contributed by atoms with E-state index in [0.29, 0.717) is 24.6 Å². The number of amides is 1. The number of benzene rings is 1. The van der Waals surface area contributed by atoms with Crippen LogP contribution in [0.3, 0.4) is 0 Å². The van der Waals surface area contributed by atoms with Crippen LogP contribution < -0.4 is 10.1 Å². The molecule has 0 aliphatic rings. The molecule has 0 aliphatic carbocycles. The highest BCUT2D eigenvalue weighted by molar-refractivity contribution is 5.76. The third-order valence-corrected chi connectivity index (χ3v) is 3.98. The van der Waals surface area contributed by atoms with Gasteiger partial charge in [0.15, 0.2) is 5.82 Å². The van der Waals surface area contributed by atoms with Crippen molar-refractivity contribution < 1.29 is 14.1 Å². The Hall–Kier alpha value is -2.37. The van der Waals surface area contributed by atoms with Gasteiger partial charge in [0.05, 0.1) is 7.11 Å². The average molecular weight is 345 g/mol. The zero-order chi connectivity index (χ0) is 18.1. The standard InChI is InChI=1S/C19H27N3O3/c1-4-5-17-21-19(25-22-17)13-12-18(23)20-14(2)6-7-15-8-10-16(24-3)11-9-15/h8-11,14H,4-7,12-13H2,1-3H3,(H,20,23). The molecule has 2 aromatic rings. The number of nitrogens with zero attached hydrogens (tertiary/aromatic N) is 2. The number of methoxy groups -OCH3 is 1. The molecule has 1 aromatic carbocycles. The van der Waals surface area contributed by atoms with Gasteiger partial charge in [-0.25, -0.2) is 0 Å². The van der Waals surface area contributed by atoms with Crippen molar-refractivity contribution in [2.45, 2.75) is 58.4 Å². The van der Waals surface area contributed by atoms with Crippen molar-refractivity contribution in [3.05, 3.63) is 41.5 Å². The zero-order valence-corrected chi connectivity index (χ0v) is 15.2. The molecule has 6 heteroatoms. The van der Waals surface area contributed by atoms with E-state index < -0.39 is 0 Å². The zero-order valence-electron chi connectivity index (χ0n) is 15.2. The molecular weight excluding hydrogens is 318 g/mol. The highest BCUT2D eigenvalue weighted by Gasteiger charge is 2.11. The number of aromatic nitrogens is 2. The lowest BCUT2D eigenvalue weighted by Crippen LogP contribution is -2.33. The van der Waals surface area contributed by atoms with Crippen molar-refractivity contribution in [2.24, 2.45) is 0 Å². The van der Waals surface area contributed by atoms with Gasteiger partial charge in [0.25, 0.3) is 0 Å². The molecule has 0 fully saturated rings. The van der Waals surface area contributed by atoms with Crippen LogP contribution in [0, 0.1) is 0 Å². The Labute approximate surface area is 149 Å². The van der Waals surface area contributed by atoms with Crippen LogP contribution in [0.4, 0.5) is 0 Å². The van der Waals surface area contributed by atoms with Gasteiger partial charge in [-0.3, -0.25) is 4.79 Å². The van der Waals surface area contributed by atoms with Gasteiger partial charge in [-0.2, -0.15) is 4.98 Å². The predicted octanol–water partition coefficient (Wildman–Crippen LogP) is 3.10. The van der Waals surface area contributed by atoms with Crippen LogP contribution in [0.5, 0.6) is 5.75 Å². The Balaban J connectivity index is 1.68. The van der Waals surface area contributed by atoms with Crippen LogP contribution >= 0.6 is 0 Å². The maximum atomic E-state index is 12.0.